The predicted octanol–water partition coefficient (Wildman–Crippen LogP) is 2.02. The van der Waals surface area contributed by atoms with Gasteiger partial charge in [-0.1, -0.05) is 15.9 Å². The van der Waals surface area contributed by atoms with Crippen LogP contribution in [0.25, 0.3) is 0 Å². The van der Waals surface area contributed by atoms with E-state index in [9.17, 15) is 13.2 Å². The molecule has 1 N–H and O–H groups in total. The number of sulfonamides is 1. The number of benzene rings is 1. The SMILES string of the molecule is CC(=O)c1cc(Br)ccc1NS(C)(=O)=O. The third-order valence-electron chi connectivity index (χ3n) is 1.66. The fourth-order valence-corrected chi connectivity index (χ4v) is 2.04. The molecule has 0 bridgehead atoms. The van der Waals surface area contributed by atoms with Crippen molar-refractivity contribution in [3.8, 4) is 0 Å². The van der Waals surface area contributed by atoms with Gasteiger partial charge in [0.1, 0.15) is 0 Å². The third kappa shape index (κ3) is 3.64. The van der Waals surface area contributed by atoms with Crippen LogP contribution in [0.2, 0.25) is 0 Å². The summed E-state index contributed by atoms with van der Waals surface area (Å²) in [5, 5.41) is 0. The Balaban J connectivity index is 3.24. The van der Waals surface area contributed by atoms with E-state index in [1.807, 2.05) is 0 Å². The fraction of sp³-hybridized carbons (Fsp3) is 0.222. The second-order valence-corrected chi connectivity index (χ2v) is 5.78. The molecule has 0 aliphatic rings. The summed E-state index contributed by atoms with van der Waals surface area (Å²) in [6, 6.07) is 4.79. The second kappa shape index (κ2) is 4.32. The van der Waals surface area contributed by atoms with Gasteiger partial charge in [0.05, 0.1) is 11.9 Å². The average molecular weight is 292 g/mol. The highest BCUT2D eigenvalue weighted by atomic mass is 79.9. The molecule has 1 rings (SSSR count). The monoisotopic (exact) mass is 291 g/mol. The highest BCUT2D eigenvalue weighted by Gasteiger charge is 2.11. The number of hydrogen-bond donors (Lipinski definition) is 1. The smallest absolute Gasteiger partial charge is 0.229 e. The molecule has 0 aliphatic carbocycles. The molecule has 0 radical (unpaired) electrons. The Labute approximate surface area is 96.9 Å². The summed E-state index contributed by atoms with van der Waals surface area (Å²) in [6.07, 6.45) is 1.04. The van der Waals surface area contributed by atoms with Crippen LogP contribution in [-0.4, -0.2) is 20.5 Å². The Bertz CT molecular complexity index is 496. The van der Waals surface area contributed by atoms with Gasteiger partial charge >= 0.3 is 0 Å². The van der Waals surface area contributed by atoms with Crippen molar-refractivity contribution in [3.63, 3.8) is 0 Å². The van der Waals surface area contributed by atoms with E-state index < -0.39 is 10.0 Å². The standard InChI is InChI=1S/C9H10BrNO3S/c1-6(12)8-5-7(10)3-4-9(8)11-15(2,13)14/h3-5,11H,1-2H3. The fourth-order valence-electron chi connectivity index (χ4n) is 1.10. The van der Waals surface area contributed by atoms with Crippen molar-refractivity contribution < 1.29 is 13.2 Å². The van der Waals surface area contributed by atoms with Gasteiger partial charge in [-0.25, -0.2) is 8.42 Å². The highest BCUT2D eigenvalue weighted by molar-refractivity contribution is 9.10. The minimum absolute atomic E-state index is 0.192. The van der Waals surface area contributed by atoms with Gasteiger partial charge in [-0.15, -0.1) is 0 Å². The number of rotatable bonds is 3. The number of ketones is 1. The molecule has 0 amide bonds. The van der Waals surface area contributed by atoms with Gasteiger partial charge in [0, 0.05) is 10.0 Å². The summed E-state index contributed by atoms with van der Waals surface area (Å²) in [7, 11) is -3.36. The maximum absolute atomic E-state index is 11.2. The van der Waals surface area contributed by atoms with Crippen LogP contribution in [0.5, 0.6) is 0 Å². The molecule has 0 saturated carbocycles. The maximum atomic E-state index is 11.2. The normalized spacial score (nSPS) is 11.1. The van der Waals surface area contributed by atoms with Crippen LogP contribution in [0.15, 0.2) is 22.7 Å². The highest BCUT2D eigenvalue weighted by Crippen LogP contribution is 2.22. The van der Waals surface area contributed by atoms with E-state index in [0.29, 0.717) is 11.3 Å². The molecule has 0 aromatic heterocycles. The van der Waals surface area contributed by atoms with Gasteiger partial charge in [0.25, 0.3) is 0 Å². The van der Waals surface area contributed by atoms with Gasteiger partial charge in [-0.2, -0.15) is 0 Å². The first kappa shape index (κ1) is 12.2. The summed E-state index contributed by atoms with van der Waals surface area (Å²) in [5.41, 5.74) is 0.642. The Morgan fingerprint density at radius 2 is 2.00 bits per heavy atom. The van der Waals surface area contributed by atoms with Crippen molar-refractivity contribution in [1.82, 2.24) is 0 Å². The summed E-state index contributed by atoms with van der Waals surface area (Å²) >= 11 is 3.21. The largest absolute Gasteiger partial charge is 0.294 e. The molecule has 0 aliphatic heterocycles. The van der Waals surface area contributed by atoms with E-state index in [1.54, 1.807) is 18.2 Å². The molecular formula is C9H10BrNO3S. The lowest BCUT2D eigenvalue weighted by Crippen LogP contribution is -2.12. The Kier molecular flexibility index (Phi) is 3.51. The number of Topliss-reactive ketones (excluding diaryl/α,β-unsaturated/α-hetero) is 1. The van der Waals surface area contributed by atoms with Crippen molar-refractivity contribution in [2.75, 3.05) is 11.0 Å². The minimum atomic E-state index is -3.36. The average Bonchev–Trinajstić information content (AvgIpc) is 2.05. The molecule has 0 fully saturated rings. The van der Waals surface area contributed by atoms with Crippen molar-refractivity contribution in [1.29, 1.82) is 0 Å². The zero-order chi connectivity index (χ0) is 11.6. The van der Waals surface area contributed by atoms with Gasteiger partial charge < -0.3 is 0 Å². The number of anilines is 1. The number of carbonyl (C=O) groups is 1. The molecule has 6 heteroatoms. The minimum Gasteiger partial charge on any atom is -0.294 e. The van der Waals surface area contributed by atoms with Crippen LogP contribution in [0.1, 0.15) is 17.3 Å². The summed E-state index contributed by atoms with van der Waals surface area (Å²) < 4.78 is 25.1. The van der Waals surface area contributed by atoms with Crippen molar-refractivity contribution in [2.45, 2.75) is 6.92 Å². The molecule has 0 unspecified atom stereocenters. The molecule has 0 spiro atoms. The van der Waals surface area contributed by atoms with Crippen molar-refractivity contribution >= 4 is 37.4 Å². The van der Waals surface area contributed by atoms with Gasteiger partial charge in [0.15, 0.2) is 5.78 Å². The molecule has 1 aromatic carbocycles. The van der Waals surface area contributed by atoms with Crippen LogP contribution in [0.4, 0.5) is 5.69 Å². The second-order valence-electron chi connectivity index (χ2n) is 3.12. The lowest BCUT2D eigenvalue weighted by atomic mass is 10.1. The first-order chi connectivity index (χ1) is 6.79. The number of carbonyl (C=O) groups excluding carboxylic acids is 1. The van der Waals surface area contributed by atoms with Crippen LogP contribution >= 0.6 is 15.9 Å². The zero-order valence-electron chi connectivity index (χ0n) is 8.24. The summed E-state index contributed by atoms with van der Waals surface area (Å²) in [6.45, 7) is 1.38. The van der Waals surface area contributed by atoms with E-state index >= 15 is 0 Å². The number of hydrogen-bond acceptors (Lipinski definition) is 3. The Morgan fingerprint density at radius 1 is 1.40 bits per heavy atom. The van der Waals surface area contributed by atoms with Crippen LogP contribution in [0.3, 0.4) is 0 Å². The lowest BCUT2D eigenvalue weighted by Gasteiger charge is -2.08. The van der Waals surface area contributed by atoms with E-state index in [2.05, 4.69) is 20.7 Å². The van der Waals surface area contributed by atoms with Crippen LogP contribution < -0.4 is 4.72 Å². The topological polar surface area (TPSA) is 63.2 Å². The third-order valence-corrected chi connectivity index (χ3v) is 2.74. The Hall–Kier alpha value is -0.880. The van der Waals surface area contributed by atoms with Gasteiger partial charge in [0.2, 0.25) is 10.0 Å². The van der Waals surface area contributed by atoms with E-state index in [-0.39, 0.29) is 5.78 Å². The van der Waals surface area contributed by atoms with Gasteiger partial charge in [-0.3, -0.25) is 9.52 Å². The molecule has 0 atom stereocenters. The molecule has 0 saturated heterocycles. The van der Waals surface area contributed by atoms with E-state index in [1.165, 1.54) is 6.92 Å². The number of halogens is 1. The van der Waals surface area contributed by atoms with E-state index in [4.69, 9.17) is 0 Å². The lowest BCUT2D eigenvalue weighted by molar-refractivity contribution is 0.101. The summed E-state index contributed by atoms with van der Waals surface area (Å²) in [5.74, 6) is -0.192. The molecule has 1 aromatic rings. The molecule has 4 nitrogen and oxygen atoms in total. The van der Waals surface area contributed by atoms with Crippen molar-refractivity contribution in [3.05, 3.63) is 28.2 Å². The Morgan fingerprint density at radius 3 is 2.47 bits per heavy atom. The zero-order valence-corrected chi connectivity index (χ0v) is 10.6. The summed E-state index contributed by atoms with van der Waals surface area (Å²) in [4.78, 5) is 11.2. The first-order valence-corrected chi connectivity index (χ1v) is 6.76. The molecule has 0 heterocycles. The number of nitrogens with one attached hydrogen (secondary N) is 1. The molecular weight excluding hydrogens is 282 g/mol. The van der Waals surface area contributed by atoms with Crippen LogP contribution in [-0.2, 0) is 10.0 Å². The molecule has 82 valence electrons. The molecule has 15 heavy (non-hydrogen) atoms. The quantitative estimate of drug-likeness (QED) is 0.867. The van der Waals surface area contributed by atoms with Crippen molar-refractivity contribution in [2.24, 2.45) is 0 Å². The van der Waals surface area contributed by atoms with Gasteiger partial charge in [-0.05, 0) is 25.1 Å². The van der Waals surface area contributed by atoms with Crippen LogP contribution in [0, 0.1) is 0 Å². The van der Waals surface area contributed by atoms with E-state index in [0.717, 1.165) is 10.7 Å². The maximum Gasteiger partial charge on any atom is 0.229 e. The first-order valence-electron chi connectivity index (χ1n) is 4.08. The predicted molar refractivity (Wildman–Crippen MR) is 62.6 cm³/mol.